The molecule has 2 aliphatic rings. The zero-order valence-corrected chi connectivity index (χ0v) is 22.9. The zero-order valence-electron chi connectivity index (χ0n) is 22.9. The number of anilines is 4. The number of nitrogens with zero attached hydrogens (tertiary/aromatic N) is 5. The van der Waals surface area contributed by atoms with Gasteiger partial charge in [0.05, 0.1) is 28.7 Å². The number of nitrogens with one attached hydrogen (secondary N) is 5. The largest absolute Gasteiger partial charge is 0.379 e. The lowest BCUT2D eigenvalue weighted by atomic mass is 9.91. The SMILES string of the molecule is O=C(Nc1cccc([N+](=O)[O-])c1)N[C@H]1CC[C@H](Nc2cc(NC3CC3)c3ncc(C(=O)Nc4ccncc4F)n3n2)CC1. The number of aromatic nitrogens is 4. The standard InChI is InChI=1S/C28H29FN10O4/c29-21-14-30-11-10-22(21)36-27(40)24-15-31-26-23(32-16-4-5-16)13-25(37-38(24)26)33-17-6-8-18(9-7-17)34-28(41)35-19-2-1-3-20(12-19)39(42)43/h1-3,10-18,32H,4-9H2,(H,33,37)(H,30,36,40)(H2,34,35,41)/t17-,18-. The first-order valence-electron chi connectivity index (χ1n) is 14.0. The van der Waals surface area contributed by atoms with Gasteiger partial charge in [-0.05, 0) is 50.7 Å². The average Bonchev–Trinajstić information content (AvgIpc) is 3.70. The fourth-order valence-electron chi connectivity index (χ4n) is 5.05. The van der Waals surface area contributed by atoms with Crippen LogP contribution in [0.4, 0.5) is 37.8 Å². The highest BCUT2D eigenvalue weighted by Gasteiger charge is 2.26. The van der Waals surface area contributed by atoms with Crippen LogP contribution >= 0.6 is 0 Å². The maximum atomic E-state index is 14.1. The maximum absolute atomic E-state index is 14.1. The number of halogens is 1. The van der Waals surface area contributed by atoms with Gasteiger partial charge in [-0.1, -0.05) is 6.07 Å². The molecule has 3 heterocycles. The number of nitro groups is 1. The number of benzene rings is 1. The number of carbonyl (C=O) groups excluding carboxylic acids is 2. The maximum Gasteiger partial charge on any atom is 0.319 e. The van der Waals surface area contributed by atoms with E-state index in [9.17, 15) is 24.1 Å². The van der Waals surface area contributed by atoms with E-state index in [0.717, 1.165) is 37.6 Å². The summed E-state index contributed by atoms with van der Waals surface area (Å²) < 4.78 is 15.5. The molecule has 3 aromatic heterocycles. The van der Waals surface area contributed by atoms with Crippen molar-refractivity contribution in [3.05, 3.63) is 76.6 Å². The Morgan fingerprint density at radius 1 is 0.930 bits per heavy atom. The highest BCUT2D eigenvalue weighted by Crippen LogP contribution is 2.30. The van der Waals surface area contributed by atoms with Crippen LogP contribution in [0.2, 0.25) is 0 Å². The van der Waals surface area contributed by atoms with Crippen LogP contribution in [0.3, 0.4) is 0 Å². The summed E-state index contributed by atoms with van der Waals surface area (Å²) in [6.07, 6.45) is 8.84. The molecule has 6 rings (SSSR count). The van der Waals surface area contributed by atoms with E-state index in [-0.39, 0.29) is 29.2 Å². The normalized spacial score (nSPS) is 18.1. The molecule has 0 spiro atoms. The molecule has 1 aromatic carbocycles. The van der Waals surface area contributed by atoms with Crippen molar-refractivity contribution in [2.45, 2.75) is 56.7 Å². The second kappa shape index (κ2) is 11.9. The molecule has 15 heteroatoms. The summed E-state index contributed by atoms with van der Waals surface area (Å²) in [6, 6.07) is 8.95. The van der Waals surface area contributed by atoms with E-state index in [1.807, 2.05) is 6.07 Å². The fraction of sp³-hybridized carbons (Fsp3) is 0.321. The van der Waals surface area contributed by atoms with Crippen molar-refractivity contribution in [1.29, 1.82) is 0 Å². The van der Waals surface area contributed by atoms with Gasteiger partial charge in [0, 0.05) is 48.2 Å². The van der Waals surface area contributed by atoms with Gasteiger partial charge in [-0.2, -0.15) is 0 Å². The van der Waals surface area contributed by atoms with Crippen molar-refractivity contribution < 1.29 is 18.9 Å². The summed E-state index contributed by atoms with van der Waals surface area (Å²) in [5.74, 6) is -0.658. The number of pyridine rings is 1. The first-order chi connectivity index (χ1) is 20.8. The minimum absolute atomic E-state index is 0.00434. The van der Waals surface area contributed by atoms with Crippen molar-refractivity contribution in [2.24, 2.45) is 0 Å². The highest BCUT2D eigenvalue weighted by molar-refractivity contribution is 6.03. The van der Waals surface area contributed by atoms with Crippen molar-refractivity contribution >= 4 is 46.2 Å². The van der Waals surface area contributed by atoms with Crippen LogP contribution in [0.15, 0.2) is 55.0 Å². The molecule has 0 radical (unpaired) electrons. The first kappa shape index (κ1) is 27.8. The Hall–Kier alpha value is -5.34. The number of fused-ring (bicyclic) bond motifs is 1. The molecule has 0 atom stereocenters. The van der Waals surface area contributed by atoms with E-state index >= 15 is 0 Å². The lowest BCUT2D eigenvalue weighted by Crippen LogP contribution is -2.42. The topological polar surface area (TPSA) is 181 Å². The molecular formula is C28H29FN10O4. The molecule has 2 fully saturated rings. The van der Waals surface area contributed by atoms with Crippen LogP contribution in [0.5, 0.6) is 0 Å². The number of carbonyl (C=O) groups is 2. The van der Waals surface area contributed by atoms with Crippen LogP contribution in [-0.2, 0) is 0 Å². The predicted molar refractivity (Wildman–Crippen MR) is 157 cm³/mol. The molecule has 14 nitrogen and oxygen atoms in total. The number of imidazole rings is 1. The molecule has 0 saturated heterocycles. The first-order valence-corrected chi connectivity index (χ1v) is 14.0. The highest BCUT2D eigenvalue weighted by atomic mass is 19.1. The third-order valence-corrected chi connectivity index (χ3v) is 7.39. The van der Waals surface area contributed by atoms with Crippen molar-refractivity contribution in [3.63, 3.8) is 0 Å². The van der Waals surface area contributed by atoms with Gasteiger partial charge < -0.3 is 26.6 Å². The van der Waals surface area contributed by atoms with Crippen LogP contribution in [0, 0.1) is 15.9 Å². The van der Waals surface area contributed by atoms with Crippen LogP contribution in [0.25, 0.3) is 5.65 Å². The Kier molecular flexibility index (Phi) is 7.68. The fourth-order valence-corrected chi connectivity index (χ4v) is 5.05. The Bertz CT molecular complexity index is 1680. The average molecular weight is 589 g/mol. The van der Waals surface area contributed by atoms with Crippen LogP contribution < -0.4 is 26.6 Å². The number of non-ortho nitro benzene ring substituents is 1. The van der Waals surface area contributed by atoms with E-state index in [2.05, 4.69) is 41.7 Å². The van der Waals surface area contributed by atoms with Crippen molar-refractivity contribution in [1.82, 2.24) is 24.9 Å². The molecule has 0 bridgehead atoms. The van der Waals surface area contributed by atoms with Gasteiger partial charge in [0.1, 0.15) is 5.82 Å². The summed E-state index contributed by atoms with van der Waals surface area (Å²) in [5, 5.41) is 30.7. The quantitative estimate of drug-likeness (QED) is 0.138. The van der Waals surface area contributed by atoms with Gasteiger partial charge in [-0.3, -0.25) is 19.9 Å². The van der Waals surface area contributed by atoms with E-state index in [1.54, 1.807) is 6.07 Å². The Labute approximate surface area is 244 Å². The Morgan fingerprint density at radius 3 is 2.42 bits per heavy atom. The van der Waals surface area contributed by atoms with E-state index in [1.165, 1.54) is 41.2 Å². The number of rotatable bonds is 9. The monoisotopic (exact) mass is 588 g/mol. The zero-order chi connectivity index (χ0) is 29.9. The van der Waals surface area contributed by atoms with E-state index in [4.69, 9.17) is 0 Å². The lowest BCUT2D eigenvalue weighted by molar-refractivity contribution is -0.384. The molecule has 2 aliphatic carbocycles. The molecule has 5 N–H and O–H groups in total. The van der Waals surface area contributed by atoms with Crippen LogP contribution in [0.1, 0.15) is 49.0 Å². The molecule has 2 saturated carbocycles. The van der Waals surface area contributed by atoms with Gasteiger partial charge in [0.2, 0.25) is 0 Å². The predicted octanol–water partition coefficient (Wildman–Crippen LogP) is 4.54. The second-order valence-electron chi connectivity index (χ2n) is 10.6. The number of hydrogen-bond donors (Lipinski definition) is 5. The Balaban J connectivity index is 1.11. The summed E-state index contributed by atoms with van der Waals surface area (Å²) in [6.45, 7) is 0. The molecule has 3 amide bonds. The van der Waals surface area contributed by atoms with Gasteiger partial charge >= 0.3 is 6.03 Å². The number of urea groups is 1. The molecule has 0 unspecified atom stereocenters. The summed E-state index contributed by atoms with van der Waals surface area (Å²) >= 11 is 0. The Morgan fingerprint density at radius 2 is 1.67 bits per heavy atom. The lowest BCUT2D eigenvalue weighted by Gasteiger charge is -2.30. The minimum Gasteiger partial charge on any atom is -0.379 e. The van der Waals surface area contributed by atoms with E-state index in [0.29, 0.717) is 36.0 Å². The number of nitro benzene ring substituents is 1. The molecule has 222 valence electrons. The smallest absolute Gasteiger partial charge is 0.319 e. The summed E-state index contributed by atoms with van der Waals surface area (Å²) in [7, 11) is 0. The van der Waals surface area contributed by atoms with Gasteiger partial charge in [0.25, 0.3) is 11.6 Å². The van der Waals surface area contributed by atoms with Crippen molar-refractivity contribution in [3.8, 4) is 0 Å². The number of amides is 3. The van der Waals surface area contributed by atoms with Gasteiger partial charge in [-0.15, -0.1) is 5.10 Å². The van der Waals surface area contributed by atoms with Crippen LogP contribution in [-0.4, -0.2) is 54.6 Å². The third kappa shape index (κ3) is 6.60. The minimum atomic E-state index is -0.650. The van der Waals surface area contributed by atoms with Gasteiger partial charge in [-0.25, -0.2) is 18.7 Å². The molecule has 0 aliphatic heterocycles. The number of hydrogen-bond acceptors (Lipinski definition) is 9. The summed E-state index contributed by atoms with van der Waals surface area (Å²) in [5.41, 5.74) is 1.62. The molecule has 4 aromatic rings. The third-order valence-electron chi connectivity index (χ3n) is 7.39. The molecule has 43 heavy (non-hydrogen) atoms. The van der Waals surface area contributed by atoms with Gasteiger partial charge in [0.15, 0.2) is 17.2 Å². The molecular weight excluding hydrogens is 559 g/mol. The van der Waals surface area contributed by atoms with Crippen molar-refractivity contribution in [2.75, 3.05) is 21.3 Å². The second-order valence-corrected chi connectivity index (χ2v) is 10.6. The van der Waals surface area contributed by atoms with E-state index < -0.39 is 22.7 Å². The summed E-state index contributed by atoms with van der Waals surface area (Å²) in [4.78, 5) is 44.2.